The van der Waals surface area contributed by atoms with Crippen LogP contribution in [-0.4, -0.2) is 15.5 Å². The van der Waals surface area contributed by atoms with E-state index in [0.717, 1.165) is 0 Å². The number of imidazole rings is 1. The number of benzene rings is 1. The Kier molecular flexibility index (Phi) is 4.74. The van der Waals surface area contributed by atoms with Gasteiger partial charge in [0.15, 0.2) is 0 Å². The van der Waals surface area contributed by atoms with E-state index in [4.69, 9.17) is 0 Å². The van der Waals surface area contributed by atoms with Crippen molar-refractivity contribution in [1.29, 1.82) is 0 Å². The van der Waals surface area contributed by atoms with Crippen molar-refractivity contribution in [2.75, 3.05) is 0 Å². The smallest absolute Gasteiger partial charge is 0.225 e. The van der Waals surface area contributed by atoms with E-state index in [9.17, 15) is 9.18 Å². The van der Waals surface area contributed by atoms with Gasteiger partial charge in [0.25, 0.3) is 0 Å². The molecular weight excluding hydrogens is 329 g/mol. The van der Waals surface area contributed by atoms with Crippen LogP contribution in [0.25, 0.3) is 0 Å². The molecule has 4 nitrogen and oxygen atoms in total. The minimum Gasteiger partial charge on any atom is -0.342 e. The van der Waals surface area contributed by atoms with Crippen LogP contribution >= 0.6 is 0 Å². The van der Waals surface area contributed by atoms with Crippen molar-refractivity contribution in [3.05, 3.63) is 65.5 Å². The molecule has 26 heavy (non-hydrogen) atoms. The van der Waals surface area contributed by atoms with E-state index in [1.165, 1.54) is 11.6 Å². The van der Waals surface area contributed by atoms with Crippen LogP contribution in [0, 0.1) is 23.1 Å². The first-order valence-corrected chi connectivity index (χ1v) is 8.90. The number of hydrogen-bond acceptors (Lipinski definition) is 2. The highest BCUT2D eigenvalue weighted by Crippen LogP contribution is 2.59. The van der Waals surface area contributed by atoms with Crippen LogP contribution in [0.1, 0.15) is 45.1 Å². The van der Waals surface area contributed by atoms with E-state index < -0.39 is 6.04 Å². The average Bonchev–Trinajstić information content (AvgIpc) is 2.88. The number of rotatable bonds is 5. The second-order valence-electron chi connectivity index (χ2n) is 7.93. The van der Waals surface area contributed by atoms with Gasteiger partial charge in [-0.15, -0.1) is 0 Å². The van der Waals surface area contributed by atoms with E-state index >= 15 is 0 Å². The Bertz CT molecular complexity index is 848. The predicted octanol–water partition coefficient (Wildman–Crippen LogP) is 4.00. The van der Waals surface area contributed by atoms with Crippen LogP contribution < -0.4 is 5.32 Å². The van der Waals surface area contributed by atoms with Crippen LogP contribution in [-0.2, 0) is 11.8 Å². The van der Waals surface area contributed by atoms with Gasteiger partial charge in [-0.3, -0.25) is 4.79 Å². The topological polar surface area (TPSA) is 46.9 Å². The number of carbonyl (C=O) groups excluding carboxylic acids is 1. The molecule has 0 unspecified atom stereocenters. The van der Waals surface area contributed by atoms with Crippen LogP contribution in [0.5, 0.6) is 0 Å². The monoisotopic (exact) mass is 355 g/mol. The number of amides is 1. The van der Waals surface area contributed by atoms with Gasteiger partial charge in [0.05, 0.1) is 5.92 Å². The maximum atomic E-state index is 14.4. The van der Waals surface area contributed by atoms with Crippen LogP contribution in [0.2, 0.25) is 0 Å². The lowest BCUT2D eigenvalue weighted by atomic mass is 10.0. The Balaban J connectivity index is 1.90. The maximum Gasteiger partial charge on any atom is 0.225 e. The zero-order valence-corrected chi connectivity index (χ0v) is 16.0. The standard InChI is InChI=1S/C21H26FN3O/c1-13(2)12-15-17(21(15,3)4)20(26)24-18(19-23-10-11-25(19)5)14-8-6-7-9-16(14)22/h6-12,15,17-18H,1-5H3,(H,24,26)/t15-,17-,18-/m0/s1. The lowest BCUT2D eigenvalue weighted by Crippen LogP contribution is -2.33. The van der Waals surface area contributed by atoms with Gasteiger partial charge < -0.3 is 9.88 Å². The summed E-state index contributed by atoms with van der Waals surface area (Å²) in [4.78, 5) is 17.4. The van der Waals surface area contributed by atoms with Crippen molar-refractivity contribution in [2.45, 2.75) is 33.7 Å². The highest BCUT2D eigenvalue weighted by atomic mass is 19.1. The van der Waals surface area contributed by atoms with E-state index in [2.05, 4.69) is 30.2 Å². The molecule has 1 heterocycles. The fraction of sp³-hybridized carbons (Fsp3) is 0.429. The second kappa shape index (κ2) is 6.71. The first-order valence-electron chi connectivity index (χ1n) is 8.90. The molecule has 0 bridgehead atoms. The summed E-state index contributed by atoms with van der Waals surface area (Å²) in [7, 11) is 1.84. The molecule has 1 amide bonds. The van der Waals surface area contributed by atoms with Gasteiger partial charge in [-0.25, -0.2) is 9.37 Å². The number of nitrogens with zero attached hydrogens (tertiary/aromatic N) is 2. The molecule has 1 saturated carbocycles. The molecule has 1 fully saturated rings. The minimum atomic E-state index is -0.618. The van der Waals surface area contributed by atoms with Crippen molar-refractivity contribution in [3.8, 4) is 0 Å². The highest BCUT2D eigenvalue weighted by molar-refractivity contribution is 5.84. The third-order valence-corrected chi connectivity index (χ3v) is 5.33. The summed E-state index contributed by atoms with van der Waals surface area (Å²) in [6, 6.07) is 5.90. The van der Waals surface area contributed by atoms with Crippen LogP contribution in [0.15, 0.2) is 48.3 Å². The van der Waals surface area contributed by atoms with Crippen molar-refractivity contribution < 1.29 is 9.18 Å². The summed E-state index contributed by atoms with van der Waals surface area (Å²) in [5.41, 5.74) is 1.53. The quantitative estimate of drug-likeness (QED) is 0.824. The van der Waals surface area contributed by atoms with Crippen molar-refractivity contribution in [1.82, 2.24) is 14.9 Å². The molecule has 0 radical (unpaired) electrons. The molecule has 3 rings (SSSR count). The second-order valence-corrected chi connectivity index (χ2v) is 7.93. The summed E-state index contributed by atoms with van der Waals surface area (Å²) in [6.45, 7) is 8.28. The summed E-state index contributed by atoms with van der Waals surface area (Å²) in [5.74, 6) is 0.285. The SMILES string of the molecule is CC(C)=C[C@H]1[C@@H](C(=O)N[C@@H](c2ccccc2F)c2nccn2C)C1(C)C. The maximum absolute atomic E-state index is 14.4. The Hall–Kier alpha value is -2.43. The number of allylic oxidation sites excluding steroid dienone is 2. The molecule has 1 aromatic carbocycles. The molecule has 1 N–H and O–H groups in total. The molecule has 5 heteroatoms. The van der Waals surface area contributed by atoms with Gasteiger partial charge in [-0.2, -0.15) is 0 Å². The largest absolute Gasteiger partial charge is 0.342 e. The first-order chi connectivity index (χ1) is 12.2. The van der Waals surface area contributed by atoms with Crippen LogP contribution in [0.3, 0.4) is 0 Å². The number of halogens is 1. The van der Waals surface area contributed by atoms with Crippen molar-refractivity contribution in [2.24, 2.45) is 24.3 Å². The fourth-order valence-corrected chi connectivity index (χ4v) is 3.73. The van der Waals surface area contributed by atoms with Crippen molar-refractivity contribution in [3.63, 3.8) is 0 Å². The molecule has 1 aliphatic rings. The Morgan fingerprint density at radius 2 is 2.04 bits per heavy atom. The fourth-order valence-electron chi connectivity index (χ4n) is 3.73. The molecule has 1 aliphatic carbocycles. The molecule has 138 valence electrons. The van der Waals surface area contributed by atoms with E-state index in [0.29, 0.717) is 11.4 Å². The highest BCUT2D eigenvalue weighted by Gasteiger charge is 2.60. The summed E-state index contributed by atoms with van der Waals surface area (Å²) < 4.78 is 16.2. The molecule has 0 saturated heterocycles. The Morgan fingerprint density at radius 3 is 2.62 bits per heavy atom. The summed E-state index contributed by atoms with van der Waals surface area (Å²) >= 11 is 0. The molecule has 2 aromatic rings. The number of aromatic nitrogens is 2. The Labute approximate surface area is 154 Å². The molecule has 3 atom stereocenters. The van der Waals surface area contributed by atoms with Crippen LogP contribution in [0.4, 0.5) is 4.39 Å². The zero-order chi connectivity index (χ0) is 19.1. The third-order valence-electron chi connectivity index (χ3n) is 5.33. The molecule has 0 aliphatic heterocycles. The minimum absolute atomic E-state index is 0.0613. The lowest BCUT2D eigenvalue weighted by molar-refractivity contribution is -0.123. The van der Waals surface area contributed by atoms with Gasteiger partial charge in [-0.05, 0) is 31.2 Å². The normalized spacial score (nSPS) is 21.8. The van der Waals surface area contributed by atoms with E-state index in [-0.39, 0.29) is 29.0 Å². The number of hydrogen-bond donors (Lipinski definition) is 1. The lowest BCUT2D eigenvalue weighted by Gasteiger charge is -2.20. The zero-order valence-electron chi connectivity index (χ0n) is 16.0. The van der Waals surface area contributed by atoms with E-state index in [1.807, 2.05) is 25.5 Å². The first kappa shape index (κ1) is 18.4. The summed E-state index contributed by atoms with van der Waals surface area (Å²) in [6.07, 6.45) is 5.61. The summed E-state index contributed by atoms with van der Waals surface area (Å²) in [5, 5.41) is 3.05. The third kappa shape index (κ3) is 3.30. The number of nitrogens with one attached hydrogen (secondary N) is 1. The molecular formula is C21H26FN3O. The van der Waals surface area contributed by atoms with Gasteiger partial charge in [0.2, 0.25) is 5.91 Å². The number of carbonyl (C=O) groups is 1. The van der Waals surface area contributed by atoms with Gasteiger partial charge in [0.1, 0.15) is 17.7 Å². The van der Waals surface area contributed by atoms with E-state index in [1.54, 1.807) is 30.6 Å². The van der Waals surface area contributed by atoms with Gasteiger partial charge >= 0.3 is 0 Å². The van der Waals surface area contributed by atoms with Crippen molar-refractivity contribution >= 4 is 5.91 Å². The number of aryl methyl sites for hydroxylation is 1. The molecule has 1 aromatic heterocycles. The average molecular weight is 355 g/mol. The van der Waals surface area contributed by atoms with Gasteiger partial charge in [-0.1, -0.05) is 43.7 Å². The molecule has 0 spiro atoms. The van der Waals surface area contributed by atoms with Gasteiger partial charge in [0, 0.05) is 25.0 Å². The Morgan fingerprint density at radius 1 is 1.35 bits per heavy atom. The predicted molar refractivity (Wildman–Crippen MR) is 99.8 cm³/mol.